The zero-order valence-electron chi connectivity index (χ0n) is 14.7. The van der Waals surface area contributed by atoms with E-state index in [0.29, 0.717) is 13.2 Å². The second kappa shape index (κ2) is 10.0. The van der Waals surface area contributed by atoms with E-state index < -0.39 is 0 Å². The van der Waals surface area contributed by atoms with Crippen LogP contribution in [0, 0.1) is 0 Å². The first-order valence-corrected chi connectivity index (χ1v) is 10.4. The van der Waals surface area contributed by atoms with Gasteiger partial charge in [0.1, 0.15) is 0 Å². The second-order valence-electron chi connectivity index (χ2n) is 6.59. The molecule has 25 heavy (non-hydrogen) atoms. The Morgan fingerprint density at radius 2 is 2.24 bits per heavy atom. The van der Waals surface area contributed by atoms with Gasteiger partial charge >= 0.3 is 6.03 Å². The van der Waals surface area contributed by atoms with Gasteiger partial charge in [-0.3, -0.25) is 0 Å². The number of amides is 2. The van der Waals surface area contributed by atoms with Crippen LogP contribution in [-0.2, 0) is 16.1 Å². The highest BCUT2D eigenvalue weighted by atomic mass is 32.2. The van der Waals surface area contributed by atoms with Crippen LogP contribution < -0.4 is 5.32 Å². The number of urea groups is 1. The summed E-state index contributed by atoms with van der Waals surface area (Å²) in [6, 6.07) is 7.91. The van der Waals surface area contributed by atoms with Crippen LogP contribution in [0.4, 0.5) is 10.5 Å². The van der Waals surface area contributed by atoms with Gasteiger partial charge < -0.3 is 19.7 Å². The van der Waals surface area contributed by atoms with Crippen molar-refractivity contribution in [3.8, 4) is 0 Å². The van der Waals surface area contributed by atoms with Gasteiger partial charge in [-0.25, -0.2) is 4.79 Å². The molecule has 2 amide bonds. The minimum atomic E-state index is -0.00354. The first kappa shape index (κ1) is 18.5. The molecule has 1 N–H and O–H groups in total. The normalized spacial score (nSPS) is 21.6. The number of rotatable bonds is 5. The number of nitrogens with one attached hydrogen (secondary N) is 1. The average Bonchev–Trinajstić information content (AvgIpc) is 2.92. The van der Waals surface area contributed by atoms with Gasteiger partial charge in [0.25, 0.3) is 0 Å². The predicted molar refractivity (Wildman–Crippen MR) is 102 cm³/mol. The molecule has 2 fully saturated rings. The molecule has 1 aromatic carbocycles. The standard InChI is InChI=1S/C19H28N2O3S/c22-19(21-8-4-11-25-12-9-21)20-17-6-3-5-16(13-17)14-23-15-18-7-1-2-10-24-18/h3,5-6,13,18H,1-2,4,7-12,14-15H2,(H,20,22)/t18-/m1/s1. The number of nitrogens with zero attached hydrogens (tertiary/aromatic N) is 1. The van der Waals surface area contributed by atoms with Crippen molar-refractivity contribution in [3.63, 3.8) is 0 Å². The fourth-order valence-electron chi connectivity index (χ4n) is 3.14. The van der Waals surface area contributed by atoms with Crippen molar-refractivity contribution >= 4 is 23.5 Å². The van der Waals surface area contributed by atoms with Crippen molar-refractivity contribution in [2.45, 2.75) is 38.4 Å². The lowest BCUT2D eigenvalue weighted by Gasteiger charge is -2.22. The summed E-state index contributed by atoms with van der Waals surface area (Å²) in [5.41, 5.74) is 1.90. The maximum absolute atomic E-state index is 12.4. The van der Waals surface area contributed by atoms with Gasteiger partial charge in [0.2, 0.25) is 0 Å². The second-order valence-corrected chi connectivity index (χ2v) is 7.81. The third-order valence-corrected chi connectivity index (χ3v) is 5.58. The average molecular weight is 365 g/mol. The van der Waals surface area contributed by atoms with Gasteiger partial charge in [-0.1, -0.05) is 12.1 Å². The number of benzene rings is 1. The van der Waals surface area contributed by atoms with Crippen LogP contribution in [0.5, 0.6) is 0 Å². The van der Waals surface area contributed by atoms with E-state index in [1.54, 1.807) is 0 Å². The third-order valence-electron chi connectivity index (χ3n) is 4.53. The van der Waals surface area contributed by atoms with Crippen molar-refractivity contribution in [1.29, 1.82) is 0 Å². The van der Waals surface area contributed by atoms with Gasteiger partial charge in [0.05, 0.1) is 19.3 Å². The molecule has 3 rings (SSSR count). The number of carbonyl (C=O) groups excluding carboxylic acids is 1. The summed E-state index contributed by atoms with van der Waals surface area (Å²) in [6.07, 6.45) is 4.77. The zero-order valence-corrected chi connectivity index (χ0v) is 15.6. The van der Waals surface area contributed by atoms with Crippen LogP contribution in [0.25, 0.3) is 0 Å². The number of hydrogen-bond acceptors (Lipinski definition) is 4. The maximum atomic E-state index is 12.4. The lowest BCUT2D eigenvalue weighted by Crippen LogP contribution is -2.36. The van der Waals surface area contributed by atoms with Crippen LogP contribution in [0.15, 0.2) is 24.3 Å². The Bertz CT molecular complexity index is 541. The van der Waals surface area contributed by atoms with Crippen molar-refractivity contribution in [3.05, 3.63) is 29.8 Å². The van der Waals surface area contributed by atoms with Crippen molar-refractivity contribution in [2.24, 2.45) is 0 Å². The van der Waals surface area contributed by atoms with Crippen LogP contribution in [0.3, 0.4) is 0 Å². The molecular weight excluding hydrogens is 336 g/mol. The number of anilines is 1. The molecule has 2 aliphatic heterocycles. The number of ether oxygens (including phenoxy) is 2. The van der Waals surface area contributed by atoms with Gasteiger partial charge in [-0.15, -0.1) is 0 Å². The van der Waals surface area contributed by atoms with E-state index >= 15 is 0 Å². The molecule has 0 aliphatic carbocycles. The Morgan fingerprint density at radius 1 is 1.28 bits per heavy atom. The Morgan fingerprint density at radius 3 is 3.12 bits per heavy atom. The summed E-state index contributed by atoms with van der Waals surface area (Å²) in [4.78, 5) is 14.3. The molecule has 0 bridgehead atoms. The molecule has 0 spiro atoms. The summed E-state index contributed by atoms with van der Waals surface area (Å²) in [5.74, 6) is 2.16. The molecule has 0 unspecified atom stereocenters. The minimum absolute atomic E-state index is 0.00354. The van der Waals surface area contributed by atoms with Crippen molar-refractivity contribution in [1.82, 2.24) is 4.90 Å². The molecule has 1 atom stereocenters. The van der Waals surface area contributed by atoms with E-state index in [1.807, 2.05) is 40.9 Å². The van der Waals surface area contributed by atoms with Crippen LogP contribution in [-0.4, -0.2) is 54.8 Å². The van der Waals surface area contributed by atoms with E-state index in [4.69, 9.17) is 9.47 Å². The van der Waals surface area contributed by atoms with E-state index in [0.717, 1.165) is 61.7 Å². The highest BCUT2D eigenvalue weighted by molar-refractivity contribution is 7.99. The summed E-state index contributed by atoms with van der Waals surface area (Å²) >= 11 is 1.92. The fourth-order valence-corrected chi connectivity index (χ4v) is 4.02. The summed E-state index contributed by atoms with van der Waals surface area (Å²) in [6.45, 7) is 3.69. The third kappa shape index (κ3) is 6.20. The topological polar surface area (TPSA) is 50.8 Å². The SMILES string of the molecule is O=C(Nc1cccc(COC[C@H]2CCCCO2)c1)N1CCCSCC1. The summed E-state index contributed by atoms with van der Waals surface area (Å²) in [7, 11) is 0. The van der Waals surface area contributed by atoms with Gasteiger partial charge in [-0.2, -0.15) is 11.8 Å². The minimum Gasteiger partial charge on any atom is -0.376 e. The van der Waals surface area contributed by atoms with E-state index in [2.05, 4.69) is 5.32 Å². The van der Waals surface area contributed by atoms with E-state index in [1.165, 1.54) is 6.42 Å². The van der Waals surface area contributed by atoms with Crippen LogP contribution in [0.1, 0.15) is 31.2 Å². The molecule has 5 nitrogen and oxygen atoms in total. The molecule has 2 heterocycles. The maximum Gasteiger partial charge on any atom is 0.321 e. The number of thioether (sulfide) groups is 1. The van der Waals surface area contributed by atoms with E-state index in [-0.39, 0.29) is 12.1 Å². The molecule has 0 radical (unpaired) electrons. The Hall–Kier alpha value is -1.24. The largest absolute Gasteiger partial charge is 0.376 e. The predicted octanol–water partition coefficient (Wildman–Crippen LogP) is 3.74. The number of hydrogen-bond donors (Lipinski definition) is 1. The lowest BCUT2D eigenvalue weighted by molar-refractivity contribution is -0.0447. The Labute approximate surface area is 154 Å². The quantitative estimate of drug-likeness (QED) is 0.865. The zero-order chi connectivity index (χ0) is 17.3. The van der Waals surface area contributed by atoms with Crippen LogP contribution in [0.2, 0.25) is 0 Å². The van der Waals surface area contributed by atoms with Crippen molar-refractivity contribution < 1.29 is 14.3 Å². The molecular formula is C19H28N2O3S. The monoisotopic (exact) mass is 364 g/mol. The highest BCUT2D eigenvalue weighted by Gasteiger charge is 2.16. The summed E-state index contributed by atoms with van der Waals surface area (Å²) < 4.78 is 11.5. The van der Waals surface area contributed by atoms with E-state index in [9.17, 15) is 4.79 Å². The summed E-state index contributed by atoms with van der Waals surface area (Å²) in [5, 5.41) is 3.02. The fraction of sp³-hybridized carbons (Fsp3) is 0.632. The first-order chi connectivity index (χ1) is 12.3. The molecule has 138 valence electrons. The molecule has 2 aliphatic rings. The molecule has 0 saturated carbocycles. The lowest BCUT2D eigenvalue weighted by atomic mass is 10.1. The van der Waals surface area contributed by atoms with Gasteiger partial charge in [0.15, 0.2) is 0 Å². The Balaban J connectivity index is 1.46. The van der Waals surface area contributed by atoms with Crippen molar-refractivity contribution in [2.75, 3.05) is 43.1 Å². The highest BCUT2D eigenvalue weighted by Crippen LogP contribution is 2.16. The first-order valence-electron chi connectivity index (χ1n) is 9.23. The van der Waals surface area contributed by atoms with Gasteiger partial charge in [-0.05, 0) is 49.1 Å². The van der Waals surface area contributed by atoms with Crippen LogP contribution >= 0.6 is 11.8 Å². The Kier molecular flexibility index (Phi) is 7.45. The smallest absolute Gasteiger partial charge is 0.321 e. The van der Waals surface area contributed by atoms with Gasteiger partial charge in [0, 0.05) is 31.1 Å². The molecule has 0 aromatic heterocycles. The molecule has 1 aromatic rings. The molecule has 2 saturated heterocycles. The molecule has 6 heteroatoms. The number of carbonyl (C=O) groups is 1.